The van der Waals surface area contributed by atoms with Gasteiger partial charge in [-0.1, -0.05) is 58.4 Å². The number of aromatic nitrogens is 1. The van der Waals surface area contributed by atoms with Crippen LogP contribution in [0.3, 0.4) is 0 Å². The molecule has 4 atom stereocenters. The molecule has 1 aliphatic heterocycles. The molecule has 1 aliphatic carbocycles. The lowest BCUT2D eigenvalue weighted by atomic mass is 9.71. The molecule has 33 heavy (non-hydrogen) atoms. The van der Waals surface area contributed by atoms with Gasteiger partial charge in [0.2, 0.25) is 5.60 Å². The monoisotopic (exact) mass is 509 g/mol. The minimum Gasteiger partial charge on any atom is -0.495 e. The second-order valence-corrected chi connectivity index (χ2v) is 8.94. The lowest BCUT2D eigenvalue weighted by Crippen LogP contribution is -2.50. The van der Waals surface area contributed by atoms with Gasteiger partial charge in [-0.25, -0.2) is 0 Å². The average molecular weight is 510 g/mol. The molecule has 0 saturated heterocycles. The first-order valence-corrected chi connectivity index (χ1v) is 11.1. The molecule has 1 fully saturated rings. The smallest absolute Gasteiger partial charge is 0.317 e. The van der Waals surface area contributed by atoms with Crippen LogP contribution in [0.4, 0.5) is 0 Å². The average Bonchev–Trinajstić information content (AvgIpc) is 3.22. The van der Waals surface area contributed by atoms with Crippen molar-refractivity contribution in [2.45, 2.75) is 17.1 Å². The minimum absolute atomic E-state index is 0.153. The molecule has 7 nitrogen and oxygen atoms in total. The number of halogens is 1. The van der Waals surface area contributed by atoms with E-state index in [0.29, 0.717) is 11.1 Å². The number of rotatable bonds is 4. The number of Topliss-reactive ketones (excluding diaryl/α,β-unsaturated/α-hetero) is 1. The summed E-state index contributed by atoms with van der Waals surface area (Å²) in [4.78, 5) is 31.2. The molecule has 8 heteroatoms. The van der Waals surface area contributed by atoms with Crippen LogP contribution in [0.1, 0.15) is 22.6 Å². The van der Waals surface area contributed by atoms with Crippen LogP contribution in [0.2, 0.25) is 0 Å². The first-order chi connectivity index (χ1) is 15.9. The Balaban J connectivity index is 1.90. The van der Waals surface area contributed by atoms with E-state index < -0.39 is 34.8 Å². The molecule has 168 valence electrons. The zero-order chi connectivity index (χ0) is 23.4. The van der Waals surface area contributed by atoms with Gasteiger partial charge < -0.3 is 19.3 Å². The van der Waals surface area contributed by atoms with Gasteiger partial charge >= 0.3 is 5.97 Å². The molecule has 2 aromatic carbocycles. The lowest BCUT2D eigenvalue weighted by Gasteiger charge is -2.39. The van der Waals surface area contributed by atoms with Crippen molar-refractivity contribution >= 4 is 27.7 Å². The summed E-state index contributed by atoms with van der Waals surface area (Å²) in [5.74, 6) is -3.24. The van der Waals surface area contributed by atoms with Gasteiger partial charge in [0, 0.05) is 4.47 Å². The number of hydrogen-bond acceptors (Lipinski definition) is 7. The van der Waals surface area contributed by atoms with E-state index in [1.165, 1.54) is 26.6 Å². The van der Waals surface area contributed by atoms with E-state index in [1.54, 1.807) is 24.3 Å². The van der Waals surface area contributed by atoms with Crippen LogP contribution in [0.15, 0.2) is 71.5 Å². The maximum Gasteiger partial charge on any atom is 0.317 e. The van der Waals surface area contributed by atoms with E-state index in [1.807, 2.05) is 30.3 Å². The number of aliphatic hydroxyl groups is 1. The molecule has 1 N–H and O–H groups in total. The van der Waals surface area contributed by atoms with Crippen LogP contribution in [-0.2, 0) is 25.5 Å². The van der Waals surface area contributed by atoms with Gasteiger partial charge in [0.05, 0.1) is 38.1 Å². The standard InChI is InChI=1S/C25H20BrNO6/c1-31-17-12-27-13-18-21(17)24(30)22(28)19(23(29)32-2)20(14-6-4-3-5-7-14)25(24,33-18)15-8-10-16(26)11-9-15/h3-13,19-20,30H,1-2H3/t19-,20-,24+,25+/m1/s1. The first kappa shape index (κ1) is 21.6. The maximum absolute atomic E-state index is 14.1. The Hall–Kier alpha value is -3.23. The summed E-state index contributed by atoms with van der Waals surface area (Å²) in [5.41, 5.74) is -2.56. The van der Waals surface area contributed by atoms with Crippen molar-refractivity contribution in [3.05, 3.63) is 88.2 Å². The van der Waals surface area contributed by atoms with Crippen LogP contribution in [0.25, 0.3) is 0 Å². The van der Waals surface area contributed by atoms with Crippen molar-refractivity contribution in [1.82, 2.24) is 4.98 Å². The molecule has 2 heterocycles. The summed E-state index contributed by atoms with van der Waals surface area (Å²) < 4.78 is 17.8. The number of ether oxygens (including phenoxy) is 3. The Kier molecular flexibility index (Phi) is 5.02. The third kappa shape index (κ3) is 2.74. The summed E-state index contributed by atoms with van der Waals surface area (Å²) in [7, 11) is 2.65. The summed E-state index contributed by atoms with van der Waals surface area (Å²) in [5, 5.41) is 12.4. The molecule has 0 spiro atoms. The Morgan fingerprint density at radius 1 is 1.09 bits per heavy atom. The van der Waals surface area contributed by atoms with E-state index in [2.05, 4.69) is 20.9 Å². The van der Waals surface area contributed by atoms with Crippen molar-refractivity contribution in [3.8, 4) is 11.5 Å². The number of benzene rings is 2. The zero-order valence-corrected chi connectivity index (χ0v) is 19.4. The second kappa shape index (κ2) is 7.67. The Morgan fingerprint density at radius 3 is 2.42 bits per heavy atom. The molecular weight excluding hydrogens is 490 g/mol. The van der Waals surface area contributed by atoms with Gasteiger partial charge in [-0.15, -0.1) is 0 Å². The van der Waals surface area contributed by atoms with Crippen LogP contribution < -0.4 is 9.47 Å². The van der Waals surface area contributed by atoms with Crippen LogP contribution in [0.5, 0.6) is 11.5 Å². The van der Waals surface area contributed by atoms with Crippen molar-refractivity contribution in [1.29, 1.82) is 0 Å². The van der Waals surface area contributed by atoms with Crippen LogP contribution in [-0.4, -0.2) is 36.1 Å². The molecule has 3 aromatic rings. The fourth-order valence-corrected chi connectivity index (χ4v) is 5.52. The van der Waals surface area contributed by atoms with Gasteiger partial charge in [-0.2, -0.15) is 0 Å². The molecule has 2 aliphatic rings. The number of pyridine rings is 1. The Labute approximate surface area is 198 Å². The Bertz CT molecular complexity index is 1250. The van der Waals surface area contributed by atoms with Gasteiger partial charge in [0.15, 0.2) is 11.4 Å². The SMILES string of the molecule is COC(=O)[C@H]1C(=O)[C@@]2(O)c3c(OC)cncc3O[C@@]2(c2ccc(Br)cc2)[C@@H]1c1ccccc1. The predicted octanol–water partition coefficient (Wildman–Crippen LogP) is 3.48. The number of carbonyl (C=O) groups is 2. The highest BCUT2D eigenvalue weighted by Gasteiger charge is 2.78. The van der Waals surface area contributed by atoms with Crippen LogP contribution in [0, 0.1) is 5.92 Å². The molecule has 5 rings (SSSR count). The van der Waals surface area contributed by atoms with Gasteiger partial charge in [-0.3, -0.25) is 14.6 Å². The fourth-order valence-electron chi connectivity index (χ4n) is 5.25. The van der Waals surface area contributed by atoms with E-state index in [0.717, 1.165) is 4.47 Å². The summed E-state index contributed by atoms with van der Waals surface area (Å²) in [6.07, 6.45) is 2.85. The number of hydrogen-bond donors (Lipinski definition) is 1. The zero-order valence-electron chi connectivity index (χ0n) is 17.8. The fraction of sp³-hybridized carbons (Fsp3) is 0.240. The Morgan fingerprint density at radius 2 is 1.79 bits per heavy atom. The van der Waals surface area contributed by atoms with Crippen molar-refractivity contribution in [2.75, 3.05) is 14.2 Å². The van der Waals surface area contributed by atoms with E-state index in [9.17, 15) is 14.7 Å². The molecule has 0 radical (unpaired) electrons. The number of carbonyl (C=O) groups excluding carboxylic acids is 2. The topological polar surface area (TPSA) is 95.0 Å². The third-order valence-electron chi connectivity index (χ3n) is 6.56. The van der Waals surface area contributed by atoms with Crippen molar-refractivity contribution in [2.24, 2.45) is 5.92 Å². The van der Waals surface area contributed by atoms with Crippen molar-refractivity contribution in [3.63, 3.8) is 0 Å². The molecule has 0 amide bonds. The summed E-state index contributed by atoms with van der Waals surface area (Å²) in [6, 6.07) is 16.2. The van der Waals surface area contributed by atoms with E-state index >= 15 is 0 Å². The number of ketones is 1. The highest BCUT2D eigenvalue weighted by atomic mass is 79.9. The lowest BCUT2D eigenvalue weighted by molar-refractivity contribution is -0.155. The molecule has 0 unspecified atom stereocenters. The molecule has 1 saturated carbocycles. The molecule has 0 bridgehead atoms. The van der Waals surface area contributed by atoms with Crippen LogP contribution >= 0.6 is 15.9 Å². The van der Waals surface area contributed by atoms with Crippen molar-refractivity contribution < 1.29 is 28.9 Å². The highest BCUT2D eigenvalue weighted by Crippen LogP contribution is 2.68. The number of fused-ring (bicyclic) bond motifs is 3. The largest absolute Gasteiger partial charge is 0.495 e. The number of esters is 1. The quantitative estimate of drug-likeness (QED) is 0.424. The number of methoxy groups -OCH3 is 2. The summed E-state index contributed by atoms with van der Waals surface area (Å²) in [6.45, 7) is 0. The minimum atomic E-state index is -2.23. The normalized spacial score (nSPS) is 27.5. The first-order valence-electron chi connectivity index (χ1n) is 10.3. The third-order valence-corrected chi connectivity index (χ3v) is 7.09. The van der Waals surface area contributed by atoms with Gasteiger partial charge in [0.25, 0.3) is 0 Å². The molecular formula is C25H20BrNO6. The maximum atomic E-state index is 14.1. The van der Waals surface area contributed by atoms with E-state index in [4.69, 9.17) is 14.2 Å². The van der Waals surface area contributed by atoms with Gasteiger partial charge in [0.1, 0.15) is 17.4 Å². The van der Waals surface area contributed by atoms with E-state index in [-0.39, 0.29) is 17.1 Å². The van der Waals surface area contributed by atoms with Gasteiger partial charge in [-0.05, 0) is 23.3 Å². The highest BCUT2D eigenvalue weighted by molar-refractivity contribution is 9.10. The summed E-state index contributed by atoms with van der Waals surface area (Å²) >= 11 is 3.43. The second-order valence-electron chi connectivity index (χ2n) is 8.02. The number of nitrogens with zero attached hydrogens (tertiary/aromatic N) is 1. The molecule has 1 aromatic heterocycles. The predicted molar refractivity (Wildman–Crippen MR) is 121 cm³/mol.